The molecule has 8 nitrogen and oxygen atoms in total. The molecule has 3 aromatic rings. The van der Waals surface area contributed by atoms with Crippen LogP contribution in [-0.2, 0) is 37.6 Å². The second kappa shape index (κ2) is 8.92. The summed E-state index contributed by atoms with van der Waals surface area (Å²) in [5.41, 5.74) is 3.29. The van der Waals surface area contributed by atoms with Gasteiger partial charge in [-0.05, 0) is 36.2 Å². The minimum absolute atomic E-state index is 0.105. The van der Waals surface area contributed by atoms with Gasteiger partial charge in [0, 0.05) is 31.5 Å². The van der Waals surface area contributed by atoms with Crippen LogP contribution in [0, 0.1) is 0 Å². The number of ether oxygens (including phenoxy) is 2. The molecule has 2 atom stereocenters. The van der Waals surface area contributed by atoms with Gasteiger partial charge in [0.1, 0.15) is 18.1 Å². The van der Waals surface area contributed by atoms with E-state index in [2.05, 4.69) is 19.6 Å². The van der Waals surface area contributed by atoms with Crippen molar-refractivity contribution >= 4 is 30.9 Å². The lowest BCUT2D eigenvalue weighted by molar-refractivity contribution is -0.156. The van der Waals surface area contributed by atoms with E-state index in [4.69, 9.17) is 14.5 Å². The van der Waals surface area contributed by atoms with Crippen LogP contribution in [-0.4, -0.2) is 41.3 Å². The molecule has 0 aliphatic carbocycles. The van der Waals surface area contributed by atoms with E-state index in [0.717, 1.165) is 28.1 Å². The number of carbonyl (C=O) groups is 2. The second-order valence-electron chi connectivity index (χ2n) is 11.3. The van der Waals surface area contributed by atoms with Crippen LogP contribution in [0.2, 0.25) is 25.7 Å². The molecule has 0 amide bonds. The molecule has 2 aromatic heterocycles. The summed E-state index contributed by atoms with van der Waals surface area (Å²) >= 11 is 0. The molecule has 1 N–H and O–H groups in total. The number of benzene rings is 1. The number of hydrogen-bond donors (Lipinski definition) is 1. The molecule has 37 heavy (non-hydrogen) atoms. The van der Waals surface area contributed by atoms with Crippen LogP contribution in [0.4, 0.5) is 0 Å². The van der Waals surface area contributed by atoms with E-state index in [1.165, 1.54) is 6.92 Å². The van der Waals surface area contributed by atoms with Gasteiger partial charge in [0.25, 0.3) is 5.56 Å². The zero-order valence-corrected chi connectivity index (χ0v) is 22.9. The van der Waals surface area contributed by atoms with Crippen LogP contribution < -0.4 is 5.56 Å². The molecule has 0 bridgehead atoms. The molecule has 0 spiro atoms. The summed E-state index contributed by atoms with van der Waals surface area (Å²) in [5.74, 6) is -0.832. The molecule has 2 unspecified atom stereocenters. The molecule has 9 heteroatoms. The number of carbonyl (C=O) groups excluding carboxylic acids is 2. The molecule has 1 aromatic carbocycles. The molecule has 0 fully saturated rings. The van der Waals surface area contributed by atoms with Gasteiger partial charge in [-0.3, -0.25) is 14.4 Å². The molecule has 0 saturated heterocycles. The van der Waals surface area contributed by atoms with Crippen LogP contribution in [0.5, 0.6) is 0 Å². The number of nitrogens with zero attached hydrogens (tertiary/aromatic N) is 2. The van der Waals surface area contributed by atoms with Gasteiger partial charge in [0.15, 0.2) is 0 Å². The summed E-state index contributed by atoms with van der Waals surface area (Å²) in [4.78, 5) is 43.2. The number of hydrogen-bond acceptors (Lipinski definition) is 7. The van der Waals surface area contributed by atoms with Gasteiger partial charge in [-0.25, -0.2) is 4.98 Å². The van der Waals surface area contributed by atoms with Gasteiger partial charge in [-0.2, -0.15) is 0 Å². The quantitative estimate of drug-likeness (QED) is 0.302. The fraction of sp³-hybridized carbons (Fsp3) is 0.429. The molecule has 194 valence electrons. The first kappa shape index (κ1) is 25.4. The summed E-state index contributed by atoms with van der Waals surface area (Å²) < 4.78 is 12.8. The van der Waals surface area contributed by atoms with Crippen LogP contribution in [0.1, 0.15) is 48.6 Å². The van der Waals surface area contributed by atoms with Crippen molar-refractivity contribution in [3.63, 3.8) is 0 Å². The lowest BCUT2D eigenvalue weighted by Gasteiger charge is -2.34. The minimum Gasteiger partial charge on any atom is -0.460 e. The van der Waals surface area contributed by atoms with Crippen LogP contribution >= 0.6 is 0 Å². The van der Waals surface area contributed by atoms with E-state index in [1.54, 1.807) is 11.5 Å². The smallest absolute Gasteiger partial charge is 0.319 e. The number of aromatic nitrogens is 2. The zero-order valence-electron chi connectivity index (χ0n) is 21.9. The first-order valence-electron chi connectivity index (χ1n) is 12.6. The standard InChI is InChI=1S/C28H32N2O6Si/c1-6-28(15-31)21-11-23-25-17(12-30(23)26(33)20(21)13-35-27(28)34)10-19-18(8-7-9-22(19)29-25)24(36-16(2)32)14-37(3,4)5/h7-11,24,31H,6,12-15H2,1-5H3. The maximum atomic E-state index is 13.6. The number of cyclic esters (lactones) is 1. The van der Waals surface area contributed by atoms with E-state index >= 15 is 0 Å². The van der Waals surface area contributed by atoms with Crippen molar-refractivity contribution in [3.05, 3.63) is 62.9 Å². The number of rotatable bonds is 6. The highest BCUT2D eigenvalue weighted by molar-refractivity contribution is 6.76. The molecule has 0 saturated carbocycles. The molecule has 0 radical (unpaired) electrons. The topological polar surface area (TPSA) is 108 Å². The van der Waals surface area contributed by atoms with Crippen molar-refractivity contribution in [1.29, 1.82) is 0 Å². The average Bonchev–Trinajstić information content (AvgIpc) is 3.19. The second-order valence-corrected chi connectivity index (χ2v) is 16.8. The van der Waals surface area contributed by atoms with E-state index in [-0.39, 0.29) is 24.2 Å². The number of fused-ring (bicyclic) bond motifs is 5. The summed E-state index contributed by atoms with van der Waals surface area (Å²) in [6.45, 7) is 9.76. The van der Waals surface area contributed by atoms with Crippen LogP contribution in [0.15, 0.2) is 35.1 Å². The predicted molar refractivity (Wildman–Crippen MR) is 142 cm³/mol. The Morgan fingerprint density at radius 1 is 1.27 bits per heavy atom. The SMILES string of the molecule is CCC1(CO)C(=O)OCc2c1cc1n(c2=O)Cc2cc3c(C(C[Si](C)(C)C)OC(C)=O)cccc3nc2-1. The van der Waals surface area contributed by atoms with Crippen molar-refractivity contribution in [1.82, 2.24) is 9.55 Å². The average molecular weight is 521 g/mol. The van der Waals surface area contributed by atoms with E-state index in [1.807, 2.05) is 30.3 Å². The molecular weight excluding hydrogens is 488 g/mol. The van der Waals surface area contributed by atoms with Crippen molar-refractivity contribution < 1.29 is 24.2 Å². The van der Waals surface area contributed by atoms with E-state index < -0.39 is 26.1 Å². The Morgan fingerprint density at radius 3 is 2.68 bits per heavy atom. The summed E-state index contributed by atoms with van der Waals surface area (Å²) in [5, 5.41) is 11.1. The van der Waals surface area contributed by atoms with Crippen LogP contribution in [0.3, 0.4) is 0 Å². The molecule has 5 rings (SSSR count). The third-order valence-corrected chi connectivity index (χ3v) is 9.12. The Morgan fingerprint density at radius 2 is 2.03 bits per heavy atom. The number of pyridine rings is 2. The van der Waals surface area contributed by atoms with Crippen molar-refractivity contribution in [2.75, 3.05) is 6.61 Å². The van der Waals surface area contributed by atoms with E-state index in [9.17, 15) is 19.5 Å². The fourth-order valence-corrected chi connectivity index (χ4v) is 7.03. The largest absolute Gasteiger partial charge is 0.460 e. The van der Waals surface area contributed by atoms with Crippen molar-refractivity contribution in [2.24, 2.45) is 0 Å². The maximum Gasteiger partial charge on any atom is 0.319 e. The van der Waals surface area contributed by atoms with E-state index in [0.29, 0.717) is 35.5 Å². The van der Waals surface area contributed by atoms with Crippen molar-refractivity contribution in [2.45, 2.75) is 70.6 Å². The van der Waals surface area contributed by atoms with Gasteiger partial charge in [-0.1, -0.05) is 38.7 Å². The molecular formula is C28H32N2O6Si. The lowest BCUT2D eigenvalue weighted by atomic mass is 9.75. The van der Waals surface area contributed by atoms with Gasteiger partial charge < -0.3 is 19.1 Å². The molecule has 2 aliphatic heterocycles. The normalized spacial score (nSPS) is 19.1. The Balaban J connectivity index is 1.69. The first-order valence-corrected chi connectivity index (χ1v) is 16.3. The Hall–Kier alpha value is -3.30. The first-order chi connectivity index (χ1) is 17.5. The number of esters is 2. The maximum absolute atomic E-state index is 13.6. The van der Waals surface area contributed by atoms with Gasteiger partial charge >= 0.3 is 11.9 Å². The lowest BCUT2D eigenvalue weighted by Crippen LogP contribution is -2.47. The third kappa shape index (κ3) is 4.10. The zero-order chi connectivity index (χ0) is 26.7. The van der Waals surface area contributed by atoms with Crippen molar-refractivity contribution in [3.8, 4) is 11.4 Å². The minimum atomic E-state index is -1.58. The summed E-state index contributed by atoms with van der Waals surface area (Å²) in [7, 11) is -1.58. The van der Waals surface area contributed by atoms with Gasteiger partial charge in [-0.15, -0.1) is 0 Å². The fourth-order valence-electron chi connectivity index (χ4n) is 5.62. The predicted octanol–water partition coefficient (Wildman–Crippen LogP) is 4.06. The molecule has 4 heterocycles. The monoisotopic (exact) mass is 520 g/mol. The number of aliphatic hydroxyl groups is 1. The highest BCUT2D eigenvalue weighted by Gasteiger charge is 2.46. The Bertz CT molecular complexity index is 1500. The van der Waals surface area contributed by atoms with Crippen LogP contribution in [0.25, 0.3) is 22.3 Å². The Labute approximate surface area is 216 Å². The summed E-state index contributed by atoms with van der Waals surface area (Å²) in [6.07, 6.45) is -0.0572. The third-order valence-electron chi connectivity index (χ3n) is 7.52. The summed E-state index contributed by atoms with van der Waals surface area (Å²) in [6, 6.07) is 10.5. The Kier molecular flexibility index (Phi) is 6.11. The highest BCUT2D eigenvalue weighted by atomic mass is 28.3. The van der Waals surface area contributed by atoms with Gasteiger partial charge in [0.05, 0.1) is 35.6 Å². The number of aliphatic hydroxyl groups excluding tert-OH is 1. The highest BCUT2D eigenvalue weighted by Crippen LogP contribution is 2.41. The van der Waals surface area contributed by atoms with Gasteiger partial charge in [0.2, 0.25) is 0 Å². The molecule has 2 aliphatic rings.